The van der Waals surface area contributed by atoms with Gasteiger partial charge < -0.3 is 4.74 Å². The number of rotatable bonds is 2. The van der Waals surface area contributed by atoms with E-state index in [-0.39, 0.29) is 17.6 Å². The van der Waals surface area contributed by atoms with E-state index in [1.54, 1.807) is 0 Å². The fourth-order valence-corrected chi connectivity index (χ4v) is 1.57. The van der Waals surface area contributed by atoms with E-state index >= 15 is 0 Å². The Morgan fingerprint density at radius 2 is 2.00 bits per heavy atom. The largest absolute Gasteiger partial charge is 0.366 e. The summed E-state index contributed by atoms with van der Waals surface area (Å²) >= 11 is 0. The van der Waals surface area contributed by atoms with Crippen LogP contribution in [0.4, 0.5) is 0 Å². The van der Waals surface area contributed by atoms with Crippen molar-refractivity contribution in [3.63, 3.8) is 0 Å². The van der Waals surface area contributed by atoms with Gasteiger partial charge in [-0.2, -0.15) is 0 Å². The van der Waals surface area contributed by atoms with Crippen LogP contribution in [0.2, 0.25) is 0 Å². The molecule has 2 atom stereocenters. The zero-order chi connectivity index (χ0) is 8.48. The normalized spacial score (nSPS) is 35.1. The molecule has 0 aromatic heterocycles. The van der Waals surface area contributed by atoms with Crippen LogP contribution in [-0.4, -0.2) is 12.2 Å². The van der Waals surface area contributed by atoms with Gasteiger partial charge in [0.25, 0.3) is 0 Å². The summed E-state index contributed by atoms with van der Waals surface area (Å²) in [5, 5.41) is 0. The highest BCUT2D eigenvalue weighted by atomic mass is 16.5. The summed E-state index contributed by atoms with van der Waals surface area (Å²) in [6.07, 6.45) is 5.19. The van der Waals surface area contributed by atoms with Gasteiger partial charge >= 0.3 is 0 Å². The SMILES string of the molecule is C=CC1CC(C)(C)C(C=C)O1. The average Bonchev–Trinajstić information content (AvgIpc) is 2.24. The van der Waals surface area contributed by atoms with Gasteiger partial charge in [-0.15, -0.1) is 13.2 Å². The standard InChI is InChI=1S/C10H16O/c1-5-8-7-10(3,4)9(6-2)11-8/h5-6,8-9H,1-2,7H2,3-4H3. The molecule has 1 heterocycles. The Morgan fingerprint density at radius 3 is 2.27 bits per heavy atom. The van der Waals surface area contributed by atoms with E-state index in [1.165, 1.54) is 0 Å². The molecule has 0 bridgehead atoms. The number of ether oxygens (including phenoxy) is 1. The summed E-state index contributed by atoms with van der Waals surface area (Å²) in [6, 6.07) is 0. The molecule has 1 rings (SSSR count). The van der Waals surface area contributed by atoms with E-state index in [0.717, 1.165) is 6.42 Å². The van der Waals surface area contributed by atoms with Gasteiger partial charge in [0, 0.05) is 0 Å². The van der Waals surface area contributed by atoms with Crippen LogP contribution in [0.15, 0.2) is 25.3 Å². The highest BCUT2D eigenvalue weighted by Crippen LogP contribution is 2.38. The van der Waals surface area contributed by atoms with Gasteiger partial charge in [0.05, 0.1) is 12.2 Å². The van der Waals surface area contributed by atoms with Gasteiger partial charge in [0.1, 0.15) is 0 Å². The number of hydrogen-bond donors (Lipinski definition) is 0. The third kappa shape index (κ3) is 1.54. The molecule has 0 spiro atoms. The molecule has 2 unspecified atom stereocenters. The van der Waals surface area contributed by atoms with Gasteiger partial charge in [-0.3, -0.25) is 0 Å². The van der Waals surface area contributed by atoms with Crippen LogP contribution in [-0.2, 0) is 4.74 Å². The van der Waals surface area contributed by atoms with Crippen LogP contribution in [0.5, 0.6) is 0 Å². The lowest BCUT2D eigenvalue weighted by molar-refractivity contribution is 0.0730. The van der Waals surface area contributed by atoms with E-state index < -0.39 is 0 Å². The van der Waals surface area contributed by atoms with Crippen molar-refractivity contribution in [1.82, 2.24) is 0 Å². The van der Waals surface area contributed by atoms with Gasteiger partial charge in [0.15, 0.2) is 0 Å². The van der Waals surface area contributed by atoms with E-state index in [0.29, 0.717) is 0 Å². The highest BCUT2D eigenvalue weighted by Gasteiger charge is 2.38. The van der Waals surface area contributed by atoms with Crippen molar-refractivity contribution in [1.29, 1.82) is 0 Å². The first-order valence-electron chi connectivity index (χ1n) is 4.01. The fraction of sp³-hybridized carbons (Fsp3) is 0.600. The van der Waals surface area contributed by atoms with Crippen molar-refractivity contribution >= 4 is 0 Å². The second kappa shape index (κ2) is 2.82. The van der Waals surface area contributed by atoms with Crippen LogP contribution in [0.1, 0.15) is 20.3 Å². The Balaban J connectivity index is 2.69. The van der Waals surface area contributed by atoms with Gasteiger partial charge in [-0.1, -0.05) is 26.0 Å². The van der Waals surface area contributed by atoms with Crippen LogP contribution in [0.3, 0.4) is 0 Å². The highest BCUT2D eigenvalue weighted by molar-refractivity contribution is 5.02. The second-order valence-electron chi connectivity index (χ2n) is 3.76. The first-order chi connectivity index (χ1) is 5.10. The fourth-order valence-electron chi connectivity index (χ4n) is 1.57. The maximum atomic E-state index is 5.64. The van der Waals surface area contributed by atoms with Crippen LogP contribution in [0, 0.1) is 5.41 Å². The molecule has 0 aromatic carbocycles. The molecule has 0 amide bonds. The molecule has 0 aromatic rings. The van der Waals surface area contributed by atoms with Crippen LogP contribution in [0.25, 0.3) is 0 Å². The predicted molar refractivity (Wildman–Crippen MR) is 47.5 cm³/mol. The quantitative estimate of drug-likeness (QED) is 0.552. The van der Waals surface area contributed by atoms with Crippen molar-refractivity contribution in [2.45, 2.75) is 32.5 Å². The van der Waals surface area contributed by atoms with Crippen LogP contribution >= 0.6 is 0 Å². The van der Waals surface area contributed by atoms with Crippen molar-refractivity contribution in [2.75, 3.05) is 0 Å². The maximum Gasteiger partial charge on any atom is 0.0813 e. The minimum absolute atomic E-state index is 0.186. The first kappa shape index (κ1) is 8.54. The third-order valence-corrected chi connectivity index (χ3v) is 2.30. The molecule has 11 heavy (non-hydrogen) atoms. The van der Waals surface area contributed by atoms with E-state index in [2.05, 4.69) is 27.0 Å². The zero-order valence-corrected chi connectivity index (χ0v) is 7.34. The zero-order valence-electron chi connectivity index (χ0n) is 7.34. The molecule has 0 radical (unpaired) electrons. The summed E-state index contributed by atoms with van der Waals surface area (Å²) in [5.41, 5.74) is 0.223. The number of hydrogen-bond acceptors (Lipinski definition) is 1. The van der Waals surface area contributed by atoms with Gasteiger partial charge in [0.2, 0.25) is 0 Å². The Labute approximate surface area is 68.8 Å². The lowest BCUT2D eigenvalue weighted by atomic mass is 9.84. The van der Waals surface area contributed by atoms with Gasteiger partial charge in [-0.05, 0) is 11.8 Å². The molecule has 1 saturated heterocycles. The van der Waals surface area contributed by atoms with Crippen molar-refractivity contribution in [2.24, 2.45) is 5.41 Å². The van der Waals surface area contributed by atoms with Crippen molar-refractivity contribution < 1.29 is 4.74 Å². The smallest absolute Gasteiger partial charge is 0.0813 e. The second-order valence-corrected chi connectivity index (χ2v) is 3.76. The van der Waals surface area contributed by atoms with Crippen molar-refractivity contribution in [3.8, 4) is 0 Å². The maximum absolute atomic E-state index is 5.64. The molecule has 1 fully saturated rings. The van der Waals surface area contributed by atoms with Crippen molar-refractivity contribution in [3.05, 3.63) is 25.3 Å². The molecule has 1 heteroatoms. The Morgan fingerprint density at radius 1 is 1.36 bits per heavy atom. The topological polar surface area (TPSA) is 9.23 Å². The van der Waals surface area contributed by atoms with E-state index in [9.17, 15) is 0 Å². The monoisotopic (exact) mass is 152 g/mol. The third-order valence-electron chi connectivity index (χ3n) is 2.30. The molecule has 1 aliphatic rings. The summed E-state index contributed by atoms with van der Waals surface area (Å²) in [6.45, 7) is 11.9. The molecule has 0 saturated carbocycles. The van der Waals surface area contributed by atoms with Gasteiger partial charge in [-0.25, -0.2) is 0 Å². The Kier molecular flexibility index (Phi) is 2.19. The summed E-state index contributed by atoms with van der Waals surface area (Å²) < 4.78 is 5.64. The summed E-state index contributed by atoms with van der Waals surface area (Å²) in [7, 11) is 0. The summed E-state index contributed by atoms with van der Waals surface area (Å²) in [5.74, 6) is 0. The Hall–Kier alpha value is -0.560. The lowest BCUT2D eigenvalue weighted by Gasteiger charge is -2.21. The molecule has 0 N–H and O–H groups in total. The molecule has 1 nitrogen and oxygen atoms in total. The minimum atomic E-state index is 0.186. The summed E-state index contributed by atoms with van der Waals surface area (Å²) in [4.78, 5) is 0. The lowest BCUT2D eigenvalue weighted by Crippen LogP contribution is -2.21. The Bertz CT molecular complexity index is 170. The molecular formula is C10H16O. The predicted octanol–water partition coefficient (Wildman–Crippen LogP) is 2.54. The molecule has 62 valence electrons. The first-order valence-corrected chi connectivity index (χ1v) is 4.01. The average molecular weight is 152 g/mol. The van der Waals surface area contributed by atoms with E-state index in [1.807, 2.05) is 12.2 Å². The minimum Gasteiger partial charge on any atom is -0.366 e. The van der Waals surface area contributed by atoms with E-state index in [4.69, 9.17) is 4.74 Å². The molecule has 1 aliphatic heterocycles. The molecular weight excluding hydrogens is 136 g/mol. The van der Waals surface area contributed by atoms with Crippen LogP contribution < -0.4 is 0 Å². The molecule has 0 aliphatic carbocycles.